The normalized spacial score (nSPS) is 11.6. The number of amides is 1. The van der Waals surface area contributed by atoms with Gasteiger partial charge in [0.1, 0.15) is 11.6 Å². The van der Waals surface area contributed by atoms with Crippen molar-refractivity contribution < 1.29 is 27.1 Å². The molecular formula is C30H20F4N4O3. The van der Waals surface area contributed by atoms with Crippen molar-refractivity contribution in [3.05, 3.63) is 124 Å². The Morgan fingerprint density at radius 2 is 1.71 bits per heavy atom. The number of halogens is 4. The maximum atomic E-state index is 13.4. The van der Waals surface area contributed by atoms with E-state index in [-0.39, 0.29) is 23.4 Å². The molecule has 5 rings (SSSR count). The van der Waals surface area contributed by atoms with Crippen molar-refractivity contribution >= 4 is 28.7 Å². The van der Waals surface area contributed by atoms with Gasteiger partial charge in [0.25, 0.3) is 11.5 Å². The Morgan fingerprint density at radius 3 is 2.49 bits per heavy atom. The molecule has 41 heavy (non-hydrogen) atoms. The lowest BCUT2D eigenvalue weighted by Gasteiger charge is -2.12. The smallest absolute Gasteiger partial charge is 0.416 e. The molecule has 0 unspecified atom stereocenters. The molecule has 0 aliphatic rings. The third kappa shape index (κ3) is 6.47. The number of rotatable bonds is 7. The van der Waals surface area contributed by atoms with E-state index in [9.17, 15) is 27.2 Å². The quantitative estimate of drug-likeness (QED) is 0.192. The molecule has 11 heteroatoms. The molecule has 0 saturated heterocycles. The first-order chi connectivity index (χ1) is 19.7. The van der Waals surface area contributed by atoms with Crippen molar-refractivity contribution in [3.8, 4) is 17.1 Å². The van der Waals surface area contributed by atoms with Crippen molar-refractivity contribution in [3.63, 3.8) is 0 Å². The molecule has 0 saturated carbocycles. The van der Waals surface area contributed by atoms with Gasteiger partial charge in [-0.25, -0.2) is 9.37 Å². The molecule has 5 aromatic rings. The highest BCUT2D eigenvalue weighted by Crippen LogP contribution is 2.32. The Bertz CT molecular complexity index is 1820. The van der Waals surface area contributed by atoms with E-state index < -0.39 is 29.0 Å². The van der Waals surface area contributed by atoms with Crippen LogP contribution in [0.3, 0.4) is 0 Å². The van der Waals surface area contributed by atoms with Crippen LogP contribution in [0.25, 0.3) is 22.3 Å². The van der Waals surface area contributed by atoms with Crippen LogP contribution in [-0.2, 0) is 11.0 Å². The number of nitrogens with one attached hydrogen (secondary N) is 1. The maximum Gasteiger partial charge on any atom is 0.416 e. The SMILES string of the molecule is O=C(COc1cccc(C=Nn2c(-c3cccc(C(F)(F)F)c3)nc3ccccc3c2=O)c1)Nc1ccc(F)cc1. The van der Waals surface area contributed by atoms with Crippen LogP contribution in [0.5, 0.6) is 5.75 Å². The molecular weight excluding hydrogens is 540 g/mol. The number of carbonyl (C=O) groups is 1. The second-order valence-corrected chi connectivity index (χ2v) is 8.81. The van der Waals surface area contributed by atoms with Gasteiger partial charge in [-0.2, -0.15) is 22.9 Å². The topological polar surface area (TPSA) is 85.6 Å². The summed E-state index contributed by atoms with van der Waals surface area (Å²) < 4.78 is 59.7. The standard InChI is InChI=1S/C30H20F4N4O3/c31-22-11-13-23(14-12-22)36-27(39)18-41-24-8-3-5-19(15-24)17-35-38-28(20-6-4-7-21(16-20)30(32,33)34)37-26-10-2-1-9-25(26)29(38)40/h1-17H,18H2,(H,36,39). The van der Waals surface area contributed by atoms with Crippen molar-refractivity contribution in [2.75, 3.05) is 11.9 Å². The minimum atomic E-state index is -4.59. The van der Waals surface area contributed by atoms with Gasteiger partial charge < -0.3 is 10.1 Å². The zero-order valence-corrected chi connectivity index (χ0v) is 21.1. The van der Waals surface area contributed by atoms with Crippen LogP contribution in [0.2, 0.25) is 0 Å². The minimum absolute atomic E-state index is 0.0593. The number of aromatic nitrogens is 2. The predicted octanol–water partition coefficient (Wildman–Crippen LogP) is 6.12. The van der Waals surface area contributed by atoms with E-state index >= 15 is 0 Å². The van der Waals surface area contributed by atoms with E-state index in [0.717, 1.165) is 16.8 Å². The summed E-state index contributed by atoms with van der Waals surface area (Å²) in [6, 6.07) is 22.7. The number of hydrogen-bond donors (Lipinski definition) is 1. The molecule has 0 radical (unpaired) electrons. The predicted molar refractivity (Wildman–Crippen MR) is 146 cm³/mol. The van der Waals surface area contributed by atoms with Gasteiger partial charge in [-0.15, -0.1) is 0 Å². The van der Waals surface area contributed by atoms with E-state index in [0.29, 0.717) is 22.5 Å². The lowest BCUT2D eigenvalue weighted by Crippen LogP contribution is -2.20. The van der Waals surface area contributed by atoms with Crippen LogP contribution in [0, 0.1) is 5.82 Å². The summed E-state index contributed by atoms with van der Waals surface area (Å²) >= 11 is 0. The first-order valence-corrected chi connectivity index (χ1v) is 12.2. The molecule has 4 aromatic carbocycles. The highest BCUT2D eigenvalue weighted by atomic mass is 19.4. The molecule has 0 spiro atoms. The number of nitrogens with zero attached hydrogens (tertiary/aromatic N) is 3. The number of fused-ring (bicyclic) bond motifs is 1. The Balaban J connectivity index is 1.42. The highest BCUT2D eigenvalue weighted by molar-refractivity contribution is 5.91. The minimum Gasteiger partial charge on any atom is -0.484 e. The molecule has 0 atom stereocenters. The summed E-state index contributed by atoms with van der Waals surface area (Å²) in [4.78, 5) is 30.0. The van der Waals surface area contributed by atoms with Gasteiger partial charge in [-0.3, -0.25) is 9.59 Å². The number of benzene rings is 4. The number of anilines is 1. The van der Waals surface area contributed by atoms with Crippen LogP contribution < -0.4 is 15.6 Å². The summed E-state index contributed by atoms with van der Waals surface area (Å²) in [6.45, 7) is -0.328. The van der Waals surface area contributed by atoms with Gasteiger partial charge in [0, 0.05) is 11.3 Å². The molecule has 1 heterocycles. The molecule has 0 aliphatic heterocycles. The molecule has 0 fully saturated rings. The fraction of sp³-hybridized carbons (Fsp3) is 0.0667. The van der Waals surface area contributed by atoms with E-state index in [4.69, 9.17) is 4.74 Å². The van der Waals surface area contributed by atoms with Gasteiger partial charge in [0.2, 0.25) is 0 Å². The summed E-state index contributed by atoms with van der Waals surface area (Å²) in [6.07, 6.45) is -3.25. The Hall–Kier alpha value is -5.32. The van der Waals surface area contributed by atoms with E-state index in [2.05, 4.69) is 15.4 Å². The molecule has 0 bridgehead atoms. The van der Waals surface area contributed by atoms with Crippen LogP contribution in [0.15, 0.2) is 107 Å². The lowest BCUT2D eigenvalue weighted by atomic mass is 10.1. The van der Waals surface area contributed by atoms with E-state index in [1.54, 1.807) is 48.5 Å². The third-order valence-electron chi connectivity index (χ3n) is 5.88. The highest BCUT2D eigenvalue weighted by Gasteiger charge is 2.31. The maximum absolute atomic E-state index is 13.4. The van der Waals surface area contributed by atoms with Gasteiger partial charge in [0.15, 0.2) is 12.4 Å². The number of alkyl halides is 3. The average molecular weight is 561 g/mol. The summed E-state index contributed by atoms with van der Waals surface area (Å²) in [5, 5.41) is 7.09. The van der Waals surface area contributed by atoms with Crippen molar-refractivity contribution in [1.29, 1.82) is 0 Å². The first kappa shape index (κ1) is 27.3. The van der Waals surface area contributed by atoms with Crippen LogP contribution in [0.4, 0.5) is 23.2 Å². The first-order valence-electron chi connectivity index (χ1n) is 12.2. The van der Waals surface area contributed by atoms with Crippen molar-refractivity contribution in [1.82, 2.24) is 9.66 Å². The summed E-state index contributed by atoms with van der Waals surface area (Å²) in [7, 11) is 0. The molecule has 7 nitrogen and oxygen atoms in total. The van der Waals surface area contributed by atoms with E-state index in [1.165, 1.54) is 42.6 Å². The third-order valence-corrected chi connectivity index (χ3v) is 5.88. The van der Waals surface area contributed by atoms with Gasteiger partial charge in [-0.05, 0) is 66.2 Å². The second-order valence-electron chi connectivity index (χ2n) is 8.81. The van der Waals surface area contributed by atoms with Crippen LogP contribution in [-0.4, -0.2) is 28.4 Å². The average Bonchev–Trinajstić information content (AvgIpc) is 2.96. The fourth-order valence-electron chi connectivity index (χ4n) is 3.94. The summed E-state index contributed by atoms with van der Waals surface area (Å²) in [5.41, 5.74) is -0.191. The number of para-hydroxylation sites is 1. The Kier molecular flexibility index (Phi) is 7.59. The number of carbonyl (C=O) groups excluding carboxylic acids is 1. The largest absolute Gasteiger partial charge is 0.484 e. The van der Waals surface area contributed by atoms with E-state index in [1.807, 2.05) is 0 Å². The molecule has 1 aromatic heterocycles. The van der Waals surface area contributed by atoms with Crippen molar-refractivity contribution in [2.24, 2.45) is 5.10 Å². The van der Waals surface area contributed by atoms with Gasteiger partial charge in [0.05, 0.1) is 22.7 Å². The van der Waals surface area contributed by atoms with Crippen LogP contribution in [0.1, 0.15) is 11.1 Å². The zero-order valence-electron chi connectivity index (χ0n) is 21.1. The van der Waals surface area contributed by atoms with Crippen LogP contribution >= 0.6 is 0 Å². The summed E-state index contributed by atoms with van der Waals surface area (Å²) in [5.74, 6) is -0.636. The molecule has 1 amide bonds. The molecule has 206 valence electrons. The van der Waals surface area contributed by atoms with Gasteiger partial charge >= 0.3 is 6.18 Å². The Labute approximate surface area is 230 Å². The van der Waals surface area contributed by atoms with Crippen molar-refractivity contribution in [2.45, 2.75) is 6.18 Å². The fourth-order valence-corrected chi connectivity index (χ4v) is 3.94. The second kappa shape index (κ2) is 11.4. The number of ether oxygens (including phenoxy) is 1. The molecule has 0 aliphatic carbocycles. The monoisotopic (exact) mass is 560 g/mol. The number of hydrogen-bond acceptors (Lipinski definition) is 5. The molecule has 1 N–H and O–H groups in total. The lowest BCUT2D eigenvalue weighted by molar-refractivity contribution is -0.137. The van der Waals surface area contributed by atoms with Gasteiger partial charge in [-0.1, -0.05) is 36.4 Å². The zero-order chi connectivity index (χ0) is 29.0. The Morgan fingerprint density at radius 1 is 0.951 bits per heavy atom.